The normalized spacial score (nSPS) is 10.6. The van der Waals surface area contributed by atoms with Gasteiger partial charge in [-0.3, -0.25) is 14.8 Å². The van der Waals surface area contributed by atoms with Gasteiger partial charge in [-0.2, -0.15) is 0 Å². The number of nitrogens with zero attached hydrogens (tertiary/aromatic N) is 2. The highest BCUT2D eigenvalue weighted by molar-refractivity contribution is 7.18. The molecule has 0 aliphatic carbocycles. The fourth-order valence-electron chi connectivity index (χ4n) is 2.42. The van der Waals surface area contributed by atoms with Crippen LogP contribution in [0.3, 0.4) is 0 Å². The van der Waals surface area contributed by atoms with Gasteiger partial charge >= 0.3 is 0 Å². The Morgan fingerprint density at radius 2 is 1.48 bits per heavy atom. The second kappa shape index (κ2) is 5.58. The molecule has 0 atom stereocenters. The molecule has 0 spiro atoms. The van der Waals surface area contributed by atoms with Gasteiger partial charge in [-0.05, 0) is 54.8 Å². The largest absolute Gasteiger partial charge is 0.294 e. The van der Waals surface area contributed by atoms with Gasteiger partial charge in [0.1, 0.15) is 0 Å². The van der Waals surface area contributed by atoms with E-state index in [2.05, 4.69) is 9.97 Å². The highest BCUT2D eigenvalue weighted by Crippen LogP contribution is 2.42. The van der Waals surface area contributed by atoms with Crippen LogP contribution >= 0.6 is 11.3 Å². The summed E-state index contributed by atoms with van der Waals surface area (Å²) < 4.78 is 0. The maximum atomic E-state index is 11.9. The van der Waals surface area contributed by atoms with Crippen molar-refractivity contribution >= 4 is 17.1 Å². The summed E-state index contributed by atoms with van der Waals surface area (Å²) in [6.07, 6.45) is 7.09. The lowest BCUT2D eigenvalue weighted by molar-refractivity contribution is 0.102. The summed E-state index contributed by atoms with van der Waals surface area (Å²) >= 11 is 1.54. The molecular formula is C17H14N2OS. The number of rotatable bonds is 3. The zero-order chi connectivity index (χ0) is 14.8. The molecule has 0 aliphatic heterocycles. The molecule has 3 rings (SSSR count). The van der Waals surface area contributed by atoms with E-state index in [9.17, 15) is 4.79 Å². The monoisotopic (exact) mass is 294 g/mol. The van der Waals surface area contributed by atoms with Gasteiger partial charge in [0.05, 0.1) is 4.88 Å². The standard InChI is InChI=1S/C17H14N2OS/c1-11-15(13-3-7-18-8-4-13)17(21-16(11)12(2)20)14-5-9-19-10-6-14/h3-10H,1-2H3. The number of Topliss-reactive ketones (excluding diaryl/α,β-unsaturated/α-hetero) is 1. The Bertz CT molecular complexity index is 779. The summed E-state index contributed by atoms with van der Waals surface area (Å²) in [7, 11) is 0. The first kappa shape index (κ1) is 13.6. The topological polar surface area (TPSA) is 42.9 Å². The molecule has 0 bridgehead atoms. The van der Waals surface area contributed by atoms with Crippen LogP contribution < -0.4 is 0 Å². The average Bonchev–Trinajstić information content (AvgIpc) is 2.87. The summed E-state index contributed by atoms with van der Waals surface area (Å²) in [6, 6.07) is 7.90. The van der Waals surface area contributed by atoms with Crippen LogP contribution in [0.25, 0.3) is 21.6 Å². The first-order chi connectivity index (χ1) is 10.2. The second-order valence-corrected chi connectivity index (χ2v) is 5.81. The zero-order valence-corrected chi connectivity index (χ0v) is 12.6. The Balaban J connectivity index is 2.29. The van der Waals surface area contributed by atoms with Crippen LogP contribution in [0.5, 0.6) is 0 Å². The van der Waals surface area contributed by atoms with Crippen LogP contribution in [0.4, 0.5) is 0 Å². The SMILES string of the molecule is CC(=O)c1sc(-c2ccncc2)c(-c2ccncc2)c1C. The van der Waals surface area contributed by atoms with Gasteiger partial charge in [0.25, 0.3) is 0 Å². The molecule has 3 nitrogen and oxygen atoms in total. The maximum absolute atomic E-state index is 11.9. The van der Waals surface area contributed by atoms with Crippen LogP contribution in [0.1, 0.15) is 22.2 Å². The molecule has 3 heterocycles. The summed E-state index contributed by atoms with van der Waals surface area (Å²) in [6.45, 7) is 3.62. The highest BCUT2D eigenvalue weighted by atomic mass is 32.1. The Morgan fingerprint density at radius 1 is 0.952 bits per heavy atom. The molecule has 3 aromatic rings. The summed E-state index contributed by atoms with van der Waals surface area (Å²) in [4.78, 5) is 21.9. The van der Waals surface area contributed by atoms with E-state index in [1.54, 1.807) is 43.0 Å². The van der Waals surface area contributed by atoms with E-state index in [4.69, 9.17) is 0 Å². The molecular weight excluding hydrogens is 280 g/mol. The molecule has 0 N–H and O–H groups in total. The minimum atomic E-state index is 0.105. The molecule has 3 aromatic heterocycles. The summed E-state index contributed by atoms with van der Waals surface area (Å²) in [5, 5.41) is 0. The number of thiophene rings is 1. The van der Waals surface area contributed by atoms with Crippen molar-refractivity contribution < 1.29 is 4.79 Å². The first-order valence-corrected chi connectivity index (χ1v) is 7.45. The predicted molar refractivity (Wildman–Crippen MR) is 85.5 cm³/mol. The number of pyridine rings is 2. The lowest BCUT2D eigenvalue weighted by Gasteiger charge is -2.05. The fourth-order valence-corrected chi connectivity index (χ4v) is 3.65. The van der Waals surface area contributed by atoms with Gasteiger partial charge in [0, 0.05) is 35.2 Å². The molecule has 0 fully saturated rings. The van der Waals surface area contributed by atoms with E-state index in [1.807, 2.05) is 31.2 Å². The fraction of sp³-hybridized carbons (Fsp3) is 0.118. The van der Waals surface area contributed by atoms with Gasteiger partial charge in [-0.15, -0.1) is 11.3 Å². The maximum Gasteiger partial charge on any atom is 0.170 e. The van der Waals surface area contributed by atoms with E-state index < -0.39 is 0 Å². The van der Waals surface area contributed by atoms with E-state index in [0.29, 0.717) is 0 Å². The Hall–Kier alpha value is -2.33. The third kappa shape index (κ3) is 2.50. The molecule has 21 heavy (non-hydrogen) atoms. The van der Waals surface area contributed by atoms with E-state index in [-0.39, 0.29) is 5.78 Å². The zero-order valence-electron chi connectivity index (χ0n) is 11.8. The lowest BCUT2D eigenvalue weighted by Crippen LogP contribution is -1.90. The number of ketones is 1. The number of carbonyl (C=O) groups is 1. The molecule has 4 heteroatoms. The van der Waals surface area contributed by atoms with Crippen LogP contribution in [0.2, 0.25) is 0 Å². The van der Waals surface area contributed by atoms with Crippen molar-refractivity contribution in [1.82, 2.24) is 9.97 Å². The van der Waals surface area contributed by atoms with E-state index in [1.165, 1.54) is 0 Å². The predicted octanol–water partition coefficient (Wildman–Crippen LogP) is 4.38. The minimum absolute atomic E-state index is 0.105. The Kier molecular flexibility index (Phi) is 3.62. The Labute approximate surface area is 127 Å². The smallest absolute Gasteiger partial charge is 0.170 e. The molecule has 104 valence electrons. The quantitative estimate of drug-likeness (QED) is 0.673. The molecule has 0 unspecified atom stereocenters. The van der Waals surface area contributed by atoms with Crippen molar-refractivity contribution in [3.8, 4) is 21.6 Å². The number of aromatic nitrogens is 2. The van der Waals surface area contributed by atoms with Crippen molar-refractivity contribution in [2.45, 2.75) is 13.8 Å². The van der Waals surface area contributed by atoms with Crippen LogP contribution in [0, 0.1) is 6.92 Å². The molecule has 0 radical (unpaired) electrons. The summed E-state index contributed by atoms with van der Waals surface area (Å²) in [5.74, 6) is 0.105. The van der Waals surface area contributed by atoms with Gasteiger partial charge < -0.3 is 0 Å². The molecule has 0 amide bonds. The first-order valence-electron chi connectivity index (χ1n) is 6.63. The third-order valence-corrected chi connectivity index (χ3v) is 4.82. The molecule has 0 saturated carbocycles. The third-order valence-electron chi connectivity index (χ3n) is 3.38. The van der Waals surface area contributed by atoms with Crippen molar-refractivity contribution in [2.24, 2.45) is 0 Å². The molecule has 0 saturated heterocycles. The van der Waals surface area contributed by atoms with Crippen molar-refractivity contribution in [2.75, 3.05) is 0 Å². The van der Waals surface area contributed by atoms with Gasteiger partial charge in [-0.1, -0.05) is 0 Å². The van der Waals surface area contributed by atoms with E-state index >= 15 is 0 Å². The van der Waals surface area contributed by atoms with Crippen molar-refractivity contribution in [3.05, 3.63) is 59.5 Å². The van der Waals surface area contributed by atoms with Crippen LogP contribution in [-0.4, -0.2) is 15.8 Å². The number of hydrogen-bond donors (Lipinski definition) is 0. The van der Waals surface area contributed by atoms with Gasteiger partial charge in [-0.25, -0.2) is 0 Å². The highest BCUT2D eigenvalue weighted by Gasteiger charge is 2.19. The van der Waals surface area contributed by atoms with Crippen molar-refractivity contribution in [3.63, 3.8) is 0 Å². The summed E-state index contributed by atoms with van der Waals surface area (Å²) in [5.41, 5.74) is 4.31. The Morgan fingerprint density at radius 3 is 2.00 bits per heavy atom. The van der Waals surface area contributed by atoms with Gasteiger partial charge in [0.15, 0.2) is 5.78 Å². The lowest BCUT2D eigenvalue weighted by atomic mass is 9.99. The number of hydrogen-bond acceptors (Lipinski definition) is 4. The second-order valence-electron chi connectivity index (χ2n) is 4.79. The van der Waals surface area contributed by atoms with Crippen molar-refractivity contribution in [1.29, 1.82) is 0 Å². The van der Waals surface area contributed by atoms with E-state index in [0.717, 1.165) is 32.0 Å². The number of carbonyl (C=O) groups excluding carboxylic acids is 1. The molecule has 0 aromatic carbocycles. The van der Waals surface area contributed by atoms with Crippen LogP contribution in [0.15, 0.2) is 49.1 Å². The minimum Gasteiger partial charge on any atom is -0.294 e. The van der Waals surface area contributed by atoms with Gasteiger partial charge in [0.2, 0.25) is 0 Å². The van der Waals surface area contributed by atoms with Crippen LogP contribution in [-0.2, 0) is 0 Å². The molecule has 0 aliphatic rings. The average molecular weight is 294 g/mol.